The van der Waals surface area contributed by atoms with Gasteiger partial charge in [-0.2, -0.15) is 0 Å². The van der Waals surface area contributed by atoms with Crippen molar-refractivity contribution in [3.63, 3.8) is 0 Å². The maximum atomic E-state index is 11.5. The monoisotopic (exact) mass is 419 g/mol. The molecule has 0 saturated carbocycles. The number of benzene rings is 3. The van der Waals surface area contributed by atoms with E-state index in [0.29, 0.717) is 18.9 Å². The standard InChI is InChI=1S/C26H29NO4/c1-3-31-25-18(2)22(13-14-23(25)26(29)30)20-11-9-19(10-12-20)15-16-27-17-24(28)21-7-5-4-6-8-21/h4-14,24,27-28H,3,15-17H2,1-2H3,(H,29,30)/t24-/m0/s1. The summed E-state index contributed by atoms with van der Waals surface area (Å²) in [5.74, 6) is -0.559. The van der Waals surface area contributed by atoms with Crippen LogP contribution in [0, 0.1) is 6.92 Å². The zero-order valence-corrected chi connectivity index (χ0v) is 18.0. The first-order valence-corrected chi connectivity index (χ1v) is 10.5. The molecule has 1 atom stereocenters. The van der Waals surface area contributed by atoms with Gasteiger partial charge in [-0.3, -0.25) is 0 Å². The molecule has 0 bridgehead atoms. The first kappa shape index (κ1) is 22.5. The normalized spacial score (nSPS) is 11.8. The maximum absolute atomic E-state index is 11.5. The Morgan fingerprint density at radius 3 is 2.39 bits per heavy atom. The fraction of sp³-hybridized carbons (Fsp3) is 0.269. The van der Waals surface area contributed by atoms with Crippen molar-refractivity contribution in [1.82, 2.24) is 5.32 Å². The van der Waals surface area contributed by atoms with Crippen molar-refractivity contribution in [1.29, 1.82) is 0 Å². The molecular formula is C26H29NO4. The second kappa shape index (κ2) is 10.8. The van der Waals surface area contributed by atoms with Crippen molar-refractivity contribution in [2.75, 3.05) is 19.7 Å². The van der Waals surface area contributed by atoms with E-state index >= 15 is 0 Å². The van der Waals surface area contributed by atoms with Gasteiger partial charge >= 0.3 is 5.97 Å². The minimum atomic E-state index is -0.988. The lowest BCUT2D eigenvalue weighted by molar-refractivity contribution is 0.0692. The minimum Gasteiger partial charge on any atom is -0.493 e. The maximum Gasteiger partial charge on any atom is 0.339 e. The Balaban J connectivity index is 1.61. The van der Waals surface area contributed by atoms with Crippen molar-refractivity contribution >= 4 is 5.97 Å². The molecule has 3 aromatic carbocycles. The van der Waals surface area contributed by atoms with Crippen molar-refractivity contribution in [3.05, 3.63) is 89.0 Å². The Morgan fingerprint density at radius 1 is 1.03 bits per heavy atom. The number of carboxylic acid groups (broad SMARTS) is 1. The Hall–Kier alpha value is -3.15. The molecule has 0 unspecified atom stereocenters. The summed E-state index contributed by atoms with van der Waals surface area (Å²) in [5, 5.41) is 22.9. The zero-order chi connectivity index (χ0) is 22.2. The number of hydrogen-bond donors (Lipinski definition) is 3. The molecule has 0 amide bonds. The number of ether oxygens (including phenoxy) is 1. The molecule has 0 saturated heterocycles. The van der Waals surface area contributed by atoms with Crippen molar-refractivity contribution < 1.29 is 19.7 Å². The molecule has 0 aromatic heterocycles. The van der Waals surface area contributed by atoms with Gasteiger partial charge in [-0.25, -0.2) is 4.79 Å². The summed E-state index contributed by atoms with van der Waals surface area (Å²) in [7, 11) is 0. The van der Waals surface area contributed by atoms with Gasteiger partial charge in [0, 0.05) is 6.54 Å². The number of hydrogen-bond acceptors (Lipinski definition) is 4. The van der Waals surface area contributed by atoms with Gasteiger partial charge in [-0.15, -0.1) is 0 Å². The number of aliphatic hydroxyl groups excluding tert-OH is 1. The van der Waals surface area contributed by atoms with E-state index in [9.17, 15) is 15.0 Å². The second-order valence-electron chi connectivity index (χ2n) is 7.43. The number of nitrogens with one attached hydrogen (secondary N) is 1. The Morgan fingerprint density at radius 2 is 1.74 bits per heavy atom. The highest BCUT2D eigenvalue weighted by atomic mass is 16.5. The van der Waals surface area contributed by atoms with Crippen LogP contribution < -0.4 is 10.1 Å². The van der Waals surface area contributed by atoms with Crippen LogP contribution in [0.4, 0.5) is 0 Å². The predicted molar refractivity (Wildman–Crippen MR) is 123 cm³/mol. The van der Waals surface area contributed by atoms with Crippen LogP contribution in [-0.4, -0.2) is 35.9 Å². The molecule has 0 spiro atoms. The number of aliphatic hydroxyl groups is 1. The highest BCUT2D eigenvalue weighted by molar-refractivity contribution is 5.93. The molecule has 0 fully saturated rings. The van der Waals surface area contributed by atoms with E-state index in [4.69, 9.17) is 4.74 Å². The van der Waals surface area contributed by atoms with Crippen LogP contribution in [0.2, 0.25) is 0 Å². The third-order valence-electron chi connectivity index (χ3n) is 5.30. The predicted octanol–water partition coefficient (Wildman–Crippen LogP) is 4.62. The smallest absolute Gasteiger partial charge is 0.339 e. The van der Waals surface area contributed by atoms with Crippen LogP contribution >= 0.6 is 0 Å². The third kappa shape index (κ3) is 5.72. The van der Waals surface area contributed by atoms with Gasteiger partial charge in [-0.05, 0) is 60.7 Å². The van der Waals surface area contributed by atoms with Crippen LogP contribution in [0.3, 0.4) is 0 Å². The average Bonchev–Trinajstić information content (AvgIpc) is 2.79. The van der Waals surface area contributed by atoms with E-state index in [1.165, 1.54) is 5.56 Å². The van der Waals surface area contributed by atoms with Crippen LogP contribution in [0.5, 0.6) is 5.75 Å². The molecule has 5 nitrogen and oxygen atoms in total. The molecule has 0 aliphatic heterocycles. The fourth-order valence-corrected chi connectivity index (χ4v) is 3.62. The van der Waals surface area contributed by atoms with Crippen molar-refractivity contribution in [2.24, 2.45) is 0 Å². The summed E-state index contributed by atoms with van der Waals surface area (Å²) in [5.41, 5.74) is 5.09. The van der Waals surface area contributed by atoms with Gasteiger partial charge in [0.1, 0.15) is 11.3 Å². The zero-order valence-electron chi connectivity index (χ0n) is 18.0. The molecule has 0 heterocycles. The van der Waals surface area contributed by atoms with Gasteiger partial charge < -0.3 is 20.3 Å². The number of aromatic carboxylic acids is 1. The molecule has 162 valence electrons. The summed E-state index contributed by atoms with van der Waals surface area (Å²) in [6.07, 6.45) is 0.336. The molecule has 31 heavy (non-hydrogen) atoms. The summed E-state index contributed by atoms with van der Waals surface area (Å²) in [6, 6.07) is 21.3. The molecule has 3 N–H and O–H groups in total. The van der Waals surface area contributed by atoms with E-state index in [0.717, 1.165) is 35.2 Å². The first-order chi connectivity index (χ1) is 15.0. The van der Waals surface area contributed by atoms with Gasteiger partial charge in [-0.1, -0.05) is 60.7 Å². The lowest BCUT2D eigenvalue weighted by atomic mass is 9.96. The van der Waals surface area contributed by atoms with Crippen molar-refractivity contribution in [3.8, 4) is 16.9 Å². The molecule has 5 heteroatoms. The molecule has 3 rings (SSSR count). The SMILES string of the molecule is CCOc1c(C(=O)O)ccc(-c2ccc(CCNC[C@H](O)c3ccccc3)cc2)c1C. The number of carbonyl (C=O) groups is 1. The molecule has 0 radical (unpaired) electrons. The summed E-state index contributed by atoms with van der Waals surface area (Å²) in [4.78, 5) is 11.5. The van der Waals surface area contributed by atoms with Crippen LogP contribution in [0.25, 0.3) is 11.1 Å². The van der Waals surface area contributed by atoms with E-state index in [-0.39, 0.29) is 5.56 Å². The quantitative estimate of drug-likeness (QED) is 0.418. The van der Waals surface area contributed by atoms with E-state index in [1.54, 1.807) is 6.07 Å². The van der Waals surface area contributed by atoms with Crippen molar-refractivity contribution in [2.45, 2.75) is 26.4 Å². The lowest BCUT2D eigenvalue weighted by Crippen LogP contribution is -2.23. The largest absolute Gasteiger partial charge is 0.493 e. The average molecular weight is 420 g/mol. The minimum absolute atomic E-state index is 0.184. The molecular weight excluding hydrogens is 390 g/mol. The summed E-state index contributed by atoms with van der Waals surface area (Å²) >= 11 is 0. The van der Waals surface area contributed by atoms with E-state index < -0.39 is 12.1 Å². The van der Waals surface area contributed by atoms with E-state index in [2.05, 4.69) is 17.4 Å². The lowest BCUT2D eigenvalue weighted by Gasteiger charge is -2.15. The topological polar surface area (TPSA) is 78.8 Å². The highest BCUT2D eigenvalue weighted by Gasteiger charge is 2.17. The molecule has 0 aliphatic rings. The van der Waals surface area contributed by atoms with Crippen LogP contribution in [0.15, 0.2) is 66.7 Å². The Labute approximate surface area is 183 Å². The van der Waals surface area contributed by atoms with Crippen LogP contribution in [0.1, 0.15) is 40.1 Å². The second-order valence-corrected chi connectivity index (χ2v) is 7.43. The summed E-state index contributed by atoms with van der Waals surface area (Å²) < 4.78 is 5.62. The Bertz CT molecular complexity index is 1000. The third-order valence-corrected chi connectivity index (χ3v) is 5.30. The van der Waals surface area contributed by atoms with Gasteiger partial charge in [0.05, 0.1) is 12.7 Å². The highest BCUT2D eigenvalue weighted by Crippen LogP contribution is 2.33. The van der Waals surface area contributed by atoms with Crippen LogP contribution in [-0.2, 0) is 6.42 Å². The molecule has 3 aromatic rings. The van der Waals surface area contributed by atoms with Gasteiger partial charge in [0.25, 0.3) is 0 Å². The van der Waals surface area contributed by atoms with E-state index in [1.807, 2.05) is 62.4 Å². The Kier molecular flexibility index (Phi) is 7.82. The van der Waals surface area contributed by atoms with Gasteiger partial charge in [0.15, 0.2) is 0 Å². The first-order valence-electron chi connectivity index (χ1n) is 10.5. The fourth-order valence-electron chi connectivity index (χ4n) is 3.62. The molecule has 0 aliphatic carbocycles. The summed E-state index contributed by atoms with van der Waals surface area (Å²) in [6.45, 7) is 5.43. The number of rotatable bonds is 10. The number of carboxylic acids is 1. The van der Waals surface area contributed by atoms with Gasteiger partial charge in [0.2, 0.25) is 0 Å².